The van der Waals surface area contributed by atoms with E-state index in [-0.39, 0.29) is 11.3 Å². The van der Waals surface area contributed by atoms with Crippen LogP contribution < -0.4 is 15.4 Å². The van der Waals surface area contributed by atoms with Crippen molar-refractivity contribution in [3.8, 4) is 17.6 Å². The van der Waals surface area contributed by atoms with Gasteiger partial charge in [0, 0.05) is 6.20 Å². The minimum absolute atomic E-state index is 0.0196. The normalized spacial score (nSPS) is 10.5. The summed E-state index contributed by atoms with van der Waals surface area (Å²) < 4.78 is 5.14. The average Bonchev–Trinajstić information content (AvgIpc) is 2.57. The predicted molar refractivity (Wildman–Crippen MR) is 87.0 cm³/mol. The van der Waals surface area contributed by atoms with Crippen LogP contribution >= 0.6 is 0 Å². The van der Waals surface area contributed by atoms with Gasteiger partial charge in [-0.3, -0.25) is 4.79 Å². The molecule has 6 heteroatoms. The van der Waals surface area contributed by atoms with Crippen LogP contribution in [0.25, 0.3) is 0 Å². The summed E-state index contributed by atoms with van der Waals surface area (Å²) in [4.78, 5) is 12.2. The molecule has 0 spiro atoms. The van der Waals surface area contributed by atoms with E-state index in [1.807, 2.05) is 6.07 Å². The Kier molecular flexibility index (Phi) is 5.21. The zero-order valence-corrected chi connectivity index (χ0v) is 12.4. The third kappa shape index (κ3) is 4.02. The highest BCUT2D eigenvalue weighted by Gasteiger charge is 2.12. The number of phenols is 1. The van der Waals surface area contributed by atoms with Gasteiger partial charge in [0.25, 0.3) is 5.91 Å². The van der Waals surface area contributed by atoms with Crippen molar-refractivity contribution in [3.63, 3.8) is 0 Å². The number of nitriles is 1. The van der Waals surface area contributed by atoms with Gasteiger partial charge in [-0.2, -0.15) is 5.26 Å². The average molecular weight is 309 g/mol. The highest BCUT2D eigenvalue weighted by atomic mass is 16.5. The smallest absolute Gasteiger partial charge is 0.267 e. The Morgan fingerprint density at radius 2 is 1.83 bits per heavy atom. The summed E-state index contributed by atoms with van der Waals surface area (Å²) in [7, 11) is 1.49. The van der Waals surface area contributed by atoms with Crippen LogP contribution in [-0.4, -0.2) is 18.1 Å². The summed E-state index contributed by atoms with van der Waals surface area (Å²) in [6, 6.07) is 15.2. The largest absolute Gasteiger partial charge is 0.506 e. The summed E-state index contributed by atoms with van der Waals surface area (Å²) in [5.41, 5.74) is 0.716. The van der Waals surface area contributed by atoms with Gasteiger partial charge in [0.2, 0.25) is 0 Å². The number of amides is 1. The van der Waals surface area contributed by atoms with Crippen molar-refractivity contribution in [2.24, 2.45) is 0 Å². The van der Waals surface area contributed by atoms with E-state index >= 15 is 0 Å². The van der Waals surface area contributed by atoms with Gasteiger partial charge < -0.3 is 20.5 Å². The van der Waals surface area contributed by atoms with Gasteiger partial charge in [-0.05, 0) is 24.3 Å². The number of carbonyl (C=O) groups excluding carboxylic acids is 1. The number of hydrogen-bond donors (Lipinski definition) is 3. The number of nitrogens with zero attached hydrogens (tertiary/aromatic N) is 1. The molecule has 0 heterocycles. The van der Waals surface area contributed by atoms with E-state index in [1.165, 1.54) is 19.4 Å². The maximum atomic E-state index is 12.2. The molecule has 116 valence electrons. The van der Waals surface area contributed by atoms with Gasteiger partial charge in [0.15, 0.2) is 0 Å². The second-order valence-electron chi connectivity index (χ2n) is 4.49. The molecule has 23 heavy (non-hydrogen) atoms. The molecule has 0 bridgehead atoms. The summed E-state index contributed by atoms with van der Waals surface area (Å²) in [5.74, 6) is -0.0714. The molecule has 0 radical (unpaired) electrons. The number of benzene rings is 2. The second-order valence-corrected chi connectivity index (χ2v) is 4.49. The fourth-order valence-electron chi connectivity index (χ4n) is 1.83. The molecule has 0 atom stereocenters. The number of aromatic hydroxyl groups is 1. The van der Waals surface area contributed by atoms with Gasteiger partial charge in [-0.15, -0.1) is 0 Å². The number of hydrogen-bond acceptors (Lipinski definition) is 5. The lowest BCUT2D eigenvalue weighted by Gasteiger charge is -2.09. The predicted octanol–water partition coefficient (Wildman–Crippen LogP) is 2.86. The van der Waals surface area contributed by atoms with Crippen molar-refractivity contribution in [1.29, 1.82) is 5.26 Å². The van der Waals surface area contributed by atoms with Crippen molar-refractivity contribution < 1.29 is 14.6 Å². The van der Waals surface area contributed by atoms with Crippen molar-refractivity contribution in [2.75, 3.05) is 17.7 Å². The fourth-order valence-corrected chi connectivity index (χ4v) is 1.83. The lowest BCUT2D eigenvalue weighted by atomic mass is 10.2. The zero-order valence-electron chi connectivity index (χ0n) is 12.4. The first kappa shape index (κ1) is 15.9. The van der Waals surface area contributed by atoms with E-state index in [0.29, 0.717) is 17.1 Å². The van der Waals surface area contributed by atoms with E-state index in [1.54, 1.807) is 42.5 Å². The number of phenolic OH excluding ortho intramolecular Hbond substituents is 1. The van der Waals surface area contributed by atoms with Crippen molar-refractivity contribution in [1.82, 2.24) is 0 Å². The molecule has 0 saturated heterocycles. The SMILES string of the molecule is COc1ccccc1NC(=O)/C(C#N)=C\Nc1ccccc1O. The standard InChI is InChI=1S/C17H15N3O3/c1-23-16-9-5-3-7-14(16)20-17(22)12(10-18)11-19-13-6-2-4-8-15(13)21/h2-9,11,19,21H,1H3,(H,20,22)/b12-11-. The van der Waals surface area contributed by atoms with E-state index in [4.69, 9.17) is 10.00 Å². The molecule has 0 aliphatic heterocycles. The Morgan fingerprint density at radius 1 is 1.17 bits per heavy atom. The van der Waals surface area contributed by atoms with E-state index in [0.717, 1.165) is 0 Å². The quantitative estimate of drug-likeness (QED) is 0.448. The Balaban J connectivity index is 2.14. The summed E-state index contributed by atoms with van der Waals surface area (Å²) in [6.07, 6.45) is 1.24. The lowest BCUT2D eigenvalue weighted by Crippen LogP contribution is -2.15. The van der Waals surface area contributed by atoms with Crippen molar-refractivity contribution in [2.45, 2.75) is 0 Å². The maximum Gasteiger partial charge on any atom is 0.267 e. The Labute approximate surface area is 133 Å². The van der Waals surface area contributed by atoms with Crippen LogP contribution in [0.2, 0.25) is 0 Å². The van der Waals surface area contributed by atoms with Crippen LogP contribution in [0.15, 0.2) is 60.3 Å². The molecule has 0 aliphatic carbocycles. The first-order valence-electron chi connectivity index (χ1n) is 6.75. The third-order valence-electron chi connectivity index (χ3n) is 3.00. The lowest BCUT2D eigenvalue weighted by molar-refractivity contribution is -0.112. The van der Waals surface area contributed by atoms with Gasteiger partial charge in [0.05, 0.1) is 18.5 Å². The molecule has 0 unspecified atom stereocenters. The van der Waals surface area contributed by atoms with Crippen LogP contribution in [0.3, 0.4) is 0 Å². The molecule has 0 fully saturated rings. The molecular weight excluding hydrogens is 294 g/mol. The maximum absolute atomic E-state index is 12.2. The van der Waals surface area contributed by atoms with Gasteiger partial charge >= 0.3 is 0 Å². The van der Waals surface area contributed by atoms with Crippen molar-refractivity contribution in [3.05, 3.63) is 60.3 Å². The summed E-state index contributed by atoms with van der Waals surface area (Å²) in [6.45, 7) is 0. The van der Waals surface area contributed by atoms with Gasteiger partial charge in [0.1, 0.15) is 23.1 Å². The number of rotatable bonds is 5. The number of nitrogens with one attached hydrogen (secondary N) is 2. The first-order chi connectivity index (χ1) is 11.2. The minimum atomic E-state index is -0.583. The number of ether oxygens (including phenoxy) is 1. The Hall–Kier alpha value is -3.46. The molecule has 6 nitrogen and oxygen atoms in total. The van der Waals surface area contributed by atoms with Gasteiger partial charge in [-0.1, -0.05) is 24.3 Å². The number of methoxy groups -OCH3 is 1. The van der Waals surface area contributed by atoms with Crippen LogP contribution in [0.1, 0.15) is 0 Å². The van der Waals surface area contributed by atoms with Crippen LogP contribution in [0, 0.1) is 11.3 Å². The number of anilines is 2. The molecule has 2 aromatic carbocycles. The minimum Gasteiger partial charge on any atom is -0.506 e. The van der Waals surface area contributed by atoms with E-state index in [2.05, 4.69) is 10.6 Å². The topological polar surface area (TPSA) is 94.4 Å². The summed E-state index contributed by atoms with van der Waals surface area (Å²) >= 11 is 0. The van der Waals surface area contributed by atoms with Crippen LogP contribution in [-0.2, 0) is 4.79 Å². The molecule has 3 N–H and O–H groups in total. The van der Waals surface area contributed by atoms with Crippen LogP contribution in [0.4, 0.5) is 11.4 Å². The monoisotopic (exact) mass is 309 g/mol. The molecule has 1 amide bonds. The molecule has 0 aromatic heterocycles. The second kappa shape index (κ2) is 7.52. The highest BCUT2D eigenvalue weighted by Crippen LogP contribution is 2.24. The molecule has 0 saturated carbocycles. The summed E-state index contributed by atoms with van der Waals surface area (Å²) in [5, 5.41) is 24.1. The highest BCUT2D eigenvalue weighted by molar-refractivity contribution is 6.07. The van der Waals surface area contributed by atoms with E-state index < -0.39 is 5.91 Å². The van der Waals surface area contributed by atoms with Gasteiger partial charge in [-0.25, -0.2) is 0 Å². The Morgan fingerprint density at radius 3 is 2.48 bits per heavy atom. The first-order valence-corrected chi connectivity index (χ1v) is 6.75. The van der Waals surface area contributed by atoms with E-state index in [9.17, 15) is 9.90 Å². The third-order valence-corrected chi connectivity index (χ3v) is 3.00. The fraction of sp³-hybridized carbons (Fsp3) is 0.0588. The van der Waals surface area contributed by atoms with Crippen molar-refractivity contribution >= 4 is 17.3 Å². The molecule has 0 aliphatic rings. The number of carbonyl (C=O) groups is 1. The molecule has 2 rings (SSSR count). The Bertz CT molecular complexity index is 779. The molecule has 2 aromatic rings. The van der Waals surface area contributed by atoms with Crippen LogP contribution in [0.5, 0.6) is 11.5 Å². The number of para-hydroxylation sites is 4. The zero-order chi connectivity index (χ0) is 16.7. The molecular formula is C17H15N3O3.